The molecule has 3 rings (SSSR count). The molecule has 6 nitrogen and oxygen atoms in total. The number of piperidine rings is 1. The molecule has 0 atom stereocenters. The van der Waals surface area contributed by atoms with E-state index in [-0.39, 0.29) is 17.7 Å². The molecule has 0 saturated carbocycles. The summed E-state index contributed by atoms with van der Waals surface area (Å²) in [6, 6.07) is 9.23. The predicted octanol–water partition coefficient (Wildman–Crippen LogP) is 3.64. The molecular weight excluding hydrogens is 376 g/mol. The number of carbonyl (C=O) groups excluding carboxylic acids is 2. The minimum Gasteiger partial charge on any atom is -0.325 e. The lowest BCUT2D eigenvalue weighted by molar-refractivity contribution is -0.121. The van der Waals surface area contributed by atoms with Crippen molar-refractivity contribution in [2.45, 2.75) is 26.7 Å². The Bertz CT molecular complexity index is 863. The van der Waals surface area contributed by atoms with Gasteiger partial charge in [-0.05, 0) is 75.2 Å². The predicted molar refractivity (Wildman–Crippen MR) is 112 cm³/mol. The van der Waals surface area contributed by atoms with Gasteiger partial charge in [-0.1, -0.05) is 17.7 Å². The summed E-state index contributed by atoms with van der Waals surface area (Å²) < 4.78 is 0. The first-order valence-corrected chi connectivity index (χ1v) is 9.80. The van der Waals surface area contributed by atoms with Gasteiger partial charge in [0.05, 0.1) is 6.54 Å². The Morgan fingerprint density at radius 2 is 1.89 bits per heavy atom. The number of rotatable bonds is 5. The number of carbonyl (C=O) groups is 2. The van der Waals surface area contributed by atoms with Gasteiger partial charge < -0.3 is 10.6 Å². The fourth-order valence-corrected chi connectivity index (χ4v) is 3.44. The number of halogens is 1. The van der Waals surface area contributed by atoms with Crippen LogP contribution in [0.2, 0.25) is 5.02 Å². The van der Waals surface area contributed by atoms with Crippen molar-refractivity contribution in [2.24, 2.45) is 5.92 Å². The van der Waals surface area contributed by atoms with Crippen LogP contribution >= 0.6 is 11.6 Å². The van der Waals surface area contributed by atoms with Crippen LogP contribution in [0.25, 0.3) is 0 Å². The van der Waals surface area contributed by atoms with Crippen molar-refractivity contribution in [1.82, 2.24) is 9.88 Å². The summed E-state index contributed by atoms with van der Waals surface area (Å²) in [7, 11) is 0. The molecule has 148 valence electrons. The lowest BCUT2D eigenvalue weighted by atomic mass is 9.96. The van der Waals surface area contributed by atoms with Crippen molar-refractivity contribution < 1.29 is 9.59 Å². The van der Waals surface area contributed by atoms with Gasteiger partial charge in [0.25, 0.3) is 0 Å². The van der Waals surface area contributed by atoms with Crippen LogP contribution in [-0.2, 0) is 9.59 Å². The number of anilines is 2. The van der Waals surface area contributed by atoms with E-state index in [2.05, 4.69) is 20.5 Å². The molecule has 2 aromatic rings. The average molecular weight is 401 g/mol. The van der Waals surface area contributed by atoms with E-state index in [9.17, 15) is 9.59 Å². The van der Waals surface area contributed by atoms with E-state index in [1.807, 2.05) is 38.1 Å². The number of nitrogens with zero attached hydrogens (tertiary/aromatic N) is 2. The molecule has 1 aliphatic heterocycles. The minimum atomic E-state index is -0.0771. The van der Waals surface area contributed by atoms with Crippen molar-refractivity contribution in [1.29, 1.82) is 0 Å². The third kappa shape index (κ3) is 5.53. The van der Waals surface area contributed by atoms with Gasteiger partial charge in [-0.2, -0.15) is 0 Å². The molecule has 1 fully saturated rings. The maximum atomic E-state index is 12.4. The summed E-state index contributed by atoms with van der Waals surface area (Å²) in [4.78, 5) is 31.0. The fraction of sp³-hybridized carbons (Fsp3) is 0.381. The maximum Gasteiger partial charge on any atom is 0.238 e. The molecule has 0 spiro atoms. The topological polar surface area (TPSA) is 74.3 Å². The van der Waals surface area contributed by atoms with E-state index < -0.39 is 0 Å². The van der Waals surface area contributed by atoms with E-state index in [4.69, 9.17) is 11.6 Å². The summed E-state index contributed by atoms with van der Waals surface area (Å²) in [6.45, 7) is 5.61. The lowest BCUT2D eigenvalue weighted by Gasteiger charge is -2.30. The van der Waals surface area contributed by atoms with Gasteiger partial charge in [-0.15, -0.1) is 0 Å². The van der Waals surface area contributed by atoms with Crippen LogP contribution in [-0.4, -0.2) is 41.3 Å². The number of pyridine rings is 1. The summed E-state index contributed by atoms with van der Waals surface area (Å²) in [5.41, 5.74) is 2.72. The van der Waals surface area contributed by atoms with E-state index in [1.54, 1.807) is 12.3 Å². The van der Waals surface area contributed by atoms with Crippen molar-refractivity contribution in [3.63, 3.8) is 0 Å². The monoisotopic (exact) mass is 400 g/mol. The van der Waals surface area contributed by atoms with Gasteiger partial charge >= 0.3 is 0 Å². The van der Waals surface area contributed by atoms with E-state index in [0.29, 0.717) is 36.2 Å². The van der Waals surface area contributed by atoms with Crippen molar-refractivity contribution in [3.8, 4) is 0 Å². The van der Waals surface area contributed by atoms with Gasteiger partial charge in [-0.3, -0.25) is 14.5 Å². The Morgan fingerprint density at radius 3 is 2.57 bits per heavy atom. The molecule has 2 heterocycles. The second kappa shape index (κ2) is 9.17. The maximum absolute atomic E-state index is 12.4. The highest BCUT2D eigenvalue weighted by molar-refractivity contribution is 6.31. The first kappa shape index (κ1) is 20.3. The average Bonchev–Trinajstić information content (AvgIpc) is 2.65. The molecule has 2 amide bonds. The third-order valence-electron chi connectivity index (χ3n) is 4.95. The Morgan fingerprint density at radius 1 is 1.14 bits per heavy atom. The Kier molecular flexibility index (Phi) is 6.65. The molecule has 0 unspecified atom stereocenters. The number of amides is 2. The molecule has 1 saturated heterocycles. The summed E-state index contributed by atoms with van der Waals surface area (Å²) >= 11 is 6.10. The van der Waals surface area contributed by atoms with Crippen molar-refractivity contribution in [3.05, 3.63) is 52.7 Å². The highest BCUT2D eigenvalue weighted by atomic mass is 35.5. The van der Waals surface area contributed by atoms with Gasteiger partial charge in [-0.25, -0.2) is 4.98 Å². The SMILES string of the molecule is Cc1ccnc(NC(=O)C2CCN(CC(=O)Nc3ccc(C)c(Cl)c3)CC2)c1. The molecule has 0 bridgehead atoms. The fourth-order valence-electron chi connectivity index (χ4n) is 3.26. The van der Waals surface area contributed by atoms with Gasteiger partial charge in [0, 0.05) is 22.8 Å². The molecule has 1 aliphatic rings. The van der Waals surface area contributed by atoms with E-state index in [1.165, 1.54) is 0 Å². The molecule has 0 radical (unpaired) electrons. The summed E-state index contributed by atoms with van der Waals surface area (Å²) in [5, 5.41) is 6.40. The number of aromatic nitrogens is 1. The molecule has 2 N–H and O–H groups in total. The van der Waals surface area contributed by atoms with Crippen LogP contribution < -0.4 is 10.6 Å². The summed E-state index contributed by atoms with van der Waals surface area (Å²) in [5.74, 6) is 0.448. The second-order valence-electron chi connectivity index (χ2n) is 7.27. The van der Waals surface area contributed by atoms with Crippen molar-refractivity contribution in [2.75, 3.05) is 30.3 Å². The van der Waals surface area contributed by atoms with Gasteiger partial charge in [0.15, 0.2) is 0 Å². The normalized spacial score (nSPS) is 15.2. The zero-order valence-electron chi connectivity index (χ0n) is 16.2. The number of nitrogens with one attached hydrogen (secondary N) is 2. The Hall–Kier alpha value is -2.44. The van der Waals surface area contributed by atoms with Crippen LogP contribution in [0.15, 0.2) is 36.5 Å². The number of aryl methyl sites for hydroxylation is 2. The first-order valence-electron chi connectivity index (χ1n) is 9.42. The number of hydrogen-bond donors (Lipinski definition) is 2. The standard InChI is InChI=1S/C21H25ClN4O2/c1-14-5-8-23-19(11-14)25-21(28)16-6-9-26(10-7-16)13-20(27)24-17-4-3-15(2)18(22)12-17/h3-5,8,11-12,16H,6-7,9-10,13H2,1-2H3,(H,24,27)(H,23,25,28). The Labute approximate surface area is 170 Å². The van der Waals surface area contributed by atoms with Crippen LogP contribution in [0, 0.1) is 19.8 Å². The third-order valence-corrected chi connectivity index (χ3v) is 5.36. The van der Waals surface area contributed by atoms with Crippen LogP contribution in [0.1, 0.15) is 24.0 Å². The number of likely N-dealkylation sites (tertiary alicyclic amines) is 1. The molecule has 1 aromatic heterocycles. The van der Waals surface area contributed by atoms with Gasteiger partial charge in [0.2, 0.25) is 11.8 Å². The van der Waals surface area contributed by atoms with Crippen LogP contribution in [0.5, 0.6) is 0 Å². The zero-order chi connectivity index (χ0) is 20.1. The summed E-state index contributed by atoms with van der Waals surface area (Å²) in [6.07, 6.45) is 3.13. The number of benzene rings is 1. The van der Waals surface area contributed by atoms with E-state index in [0.717, 1.165) is 24.0 Å². The smallest absolute Gasteiger partial charge is 0.238 e. The highest BCUT2D eigenvalue weighted by Gasteiger charge is 2.26. The lowest BCUT2D eigenvalue weighted by Crippen LogP contribution is -2.41. The minimum absolute atomic E-state index is 0.00324. The Balaban J connectivity index is 1.45. The van der Waals surface area contributed by atoms with Crippen LogP contribution in [0.4, 0.5) is 11.5 Å². The molecule has 0 aliphatic carbocycles. The highest BCUT2D eigenvalue weighted by Crippen LogP contribution is 2.21. The molecule has 7 heteroatoms. The number of hydrogen-bond acceptors (Lipinski definition) is 4. The molecular formula is C21H25ClN4O2. The van der Waals surface area contributed by atoms with Crippen molar-refractivity contribution >= 4 is 34.9 Å². The van der Waals surface area contributed by atoms with Crippen LogP contribution in [0.3, 0.4) is 0 Å². The van der Waals surface area contributed by atoms with E-state index >= 15 is 0 Å². The second-order valence-corrected chi connectivity index (χ2v) is 7.68. The molecule has 1 aromatic carbocycles. The quantitative estimate of drug-likeness (QED) is 0.803. The largest absolute Gasteiger partial charge is 0.325 e. The first-order chi connectivity index (χ1) is 13.4. The van der Waals surface area contributed by atoms with Gasteiger partial charge in [0.1, 0.15) is 5.82 Å². The zero-order valence-corrected chi connectivity index (χ0v) is 16.9. The molecule has 28 heavy (non-hydrogen) atoms.